The molecule has 3 amide bonds. The molecular weight excluding hydrogens is 432 g/mol. The van der Waals surface area contributed by atoms with E-state index < -0.39 is 23.8 Å². The summed E-state index contributed by atoms with van der Waals surface area (Å²) < 4.78 is 5.38. The van der Waals surface area contributed by atoms with Crippen molar-refractivity contribution in [3.63, 3.8) is 0 Å². The third-order valence-electron chi connectivity index (χ3n) is 6.06. The Morgan fingerprint density at radius 3 is 2.18 bits per heavy atom. The van der Waals surface area contributed by atoms with Crippen molar-refractivity contribution in [3.05, 3.63) is 89.6 Å². The van der Waals surface area contributed by atoms with E-state index in [1.807, 2.05) is 36.4 Å². The van der Waals surface area contributed by atoms with Gasteiger partial charge in [-0.05, 0) is 29.8 Å². The zero-order chi connectivity index (χ0) is 23.5. The van der Waals surface area contributed by atoms with Gasteiger partial charge in [0.1, 0.15) is 11.9 Å². The van der Waals surface area contributed by atoms with E-state index in [1.165, 1.54) is 0 Å². The van der Waals surface area contributed by atoms with Crippen molar-refractivity contribution in [1.29, 1.82) is 0 Å². The minimum atomic E-state index is -1.01. The highest BCUT2D eigenvalue weighted by molar-refractivity contribution is 6.23. The topological polar surface area (TPSA) is 91.8 Å². The van der Waals surface area contributed by atoms with Gasteiger partial charge in [-0.25, -0.2) is 4.98 Å². The predicted octanol–water partition coefficient (Wildman–Crippen LogP) is 2.76. The van der Waals surface area contributed by atoms with Crippen LogP contribution in [0.5, 0.6) is 0 Å². The summed E-state index contributed by atoms with van der Waals surface area (Å²) in [6, 6.07) is 18.6. The number of imide groups is 1. The van der Waals surface area contributed by atoms with Crippen LogP contribution in [0.15, 0.2) is 72.9 Å². The lowest BCUT2D eigenvalue weighted by Gasteiger charge is -2.28. The summed E-state index contributed by atoms with van der Waals surface area (Å²) in [5, 5.41) is 2.85. The Morgan fingerprint density at radius 1 is 0.912 bits per heavy atom. The fourth-order valence-corrected chi connectivity index (χ4v) is 4.29. The van der Waals surface area contributed by atoms with Crippen molar-refractivity contribution in [2.24, 2.45) is 0 Å². The van der Waals surface area contributed by atoms with Crippen LogP contribution in [0.25, 0.3) is 0 Å². The number of aromatic nitrogens is 1. The molecule has 0 bridgehead atoms. The van der Waals surface area contributed by atoms with E-state index in [9.17, 15) is 14.4 Å². The van der Waals surface area contributed by atoms with Crippen molar-refractivity contribution in [2.75, 3.05) is 36.5 Å². The van der Waals surface area contributed by atoms with Crippen LogP contribution in [-0.4, -0.2) is 60.0 Å². The van der Waals surface area contributed by atoms with Gasteiger partial charge in [0.25, 0.3) is 11.8 Å². The first-order valence-corrected chi connectivity index (χ1v) is 11.2. The van der Waals surface area contributed by atoms with Gasteiger partial charge in [-0.1, -0.05) is 42.5 Å². The maximum Gasteiger partial charge on any atom is 0.262 e. The maximum absolute atomic E-state index is 13.4. The number of hydrogen-bond acceptors (Lipinski definition) is 6. The highest BCUT2D eigenvalue weighted by Crippen LogP contribution is 2.27. The van der Waals surface area contributed by atoms with Crippen LogP contribution in [0.4, 0.5) is 11.5 Å². The van der Waals surface area contributed by atoms with Gasteiger partial charge in [-0.3, -0.25) is 19.3 Å². The molecule has 0 saturated carbocycles. The number of nitrogens with zero attached hydrogens (tertiary/aromatic N) is 3. The van der Waals surface area contributed by atoms with Crippen molar-refractivity contribution in [2.45, 2.75) is 12.5 Å². The highest BCUT2D eigenvalue weighted by Gasteiger charge is 2.42. The molecule has 8 heteroatoms. The van der Waals surface area contributed by atoms with Gasteiger partial charge in [-0.15, -0.1) is 0 Å². The van der Waals surface area contributed by atoms with Crippen molar-refractivity contribution >= 4 is 29.2 Å². The molecule has 0 radical (unpaired) electrons. The van der Waals surface area contributed by atoms with Crippen LogP contribution in [0, 0.1) is 0 Å². The number of carbonyl (C=O) groups excluding carboxylic acids is 3. The van der Waals surface area contributed by atoms with E-state index in [2.05, 4.69) is 15.2 Å². The summed E-state index contributed by atoms with van der Waals surface area (Å²) in [4.78, 5) is 47.3. The summed E-state index contributed by atoms with van der Waals surface area (Å²) in [6.45, 7) is 2.83. The third kappa shape index (κ3) is 4.27. The smallest absolute Gasteiger partial charge is 0.262 e. The van der Waals surface area contributed by atoms with Crippen molar-refractivity contribution < 1.29 is 19.1 Å². The minimum Gasteiger partial charge on any atom is -0.378 e. The first-order valence-electron chi connectivity index (χ1n) is 11.2. The summed E-state index contributed by atoms with van der Waals surface area (Å²) in [7, 11) is 0. The molecular formula is C26H24N4O4. The number of fused-ring (bicyclic) bond motifs is 1. The molecule has 2 aromatic carbocycles. The molecule has 1 N–H and O–H groups in total. The van der Waals surface area contributed by atoms with Crippen molar-refractivity contribution in [1.82, 2.24) is 9.88 Å². The molecule has 2 aliphatic rings. The first-order chi connectivity index (χ1) is 16.6. The van der Waals surface area contributed by atoms with Gasteiger partial charge >= 0.3 is 0 Å². The molecule has 1 atom stereocenters. The zero-order valence-electron chi connectivity index (χ0n) is 18.5. The van der Waals surface area contributed by atoms with Gasteiger partial charge in [0.05, 0.1) is 36.2 Å². The molecule has 1 saturated heterocycles. The van der Waals surface area contributed by atoms with Crippen LogP contribution in [-0.2, 0) is 16.0 Å². The summed E-state index contributed by atoms with van der Waals surface area (Å²) >= 11 is 0. The largest absolute Gasteiger partial charge is 0.378 e. The molecule has 34 heavy (non-hydrogen) atoms. The quantitative estimate of drug-likeness (QED) is 0.574. The standard InChI is InChI=1S/C26H24N4O4/c31-24(28-19-10-11-23(27-17-19)29-12-14-34-15-13-29)22(16-18-6-2-1-3-7-18)30-25(32)20-8-4-5-9-21(20)26(30)33/h1-11,17,22H,12-16H2,(H,28,31). The fraction of sp³-hybridized carbons (Fsp3) is 0.231. The summed E-state index contributed by atoms with van der Waals surface area (Å²) in [5.74, 6) is -0.559. The molecule has 1 unspecified atom stereocenters. The number of nitrogens with one attached hydrogen (secondary N) is 1. The summed E-state index contributed by atoms with van der Waals surface area (Å²) in [5.41, 5.74) is 1.97. The molecule has 8 nitrogen and oxygen atoms in total. The second kappa shape index (κ2) is 9.44. The van der Waals surface area contributed by atoms with Gasteiger partial charge in [0.2, 0.25) is 5.91 Å². The van der Waals surface area contributed by atoms with E-state index in [-0.39, 0.29) is 6.42 Å². The summed E-state index contributed by atoms with van der Waals surface area (Å²) in [6.07, 6.45) is 1.79. The van der Waals surface area contributed by atoms with Crippen LogP contribution < -0.4 is 10.2 Å². The highest BCUT2D eigenvalue weighted by atomic mass is 16.5. The lowest BCUT2D eigenvalue weighted by Crippen LogP contribution is -2.48. The van der Waals surface area contributed by atoms with Gasteiger partial charge in [0.15, 0.2) is 0 Å². The molecule has 0 aliphatic carbocycles. The Hall–Kier alpha value is -4.04. The van der Waals surface area contributed by atoms with E-state index >= 15 is 0 Å². The van der Waals surface area contributed by atoms with Crippen LogP contribution in [0.1, 0.15) is 26.3 Å². The van der Waals surface area contributed by atoms with Gasteiger partial charge in [0, 0.05) is 19.5 Å². The van der Waals surface area contributed by atoms with Gasteiger partial charge in [-0.2, -0.15) is 0 Å². The predicted molar refractivity (Wildman–Crippen MR) is 127 cm³/mol. The van der Waals surface area contributed by atoms with E-state index in [0.717, 1.165) is 29.4 Å². The maximum atomic E-state index is 13.4. The molecule has 2 aliphatic heterocycles. The second-order valence-corrected chi connectivity index (χ2v) is 8.23. The zero-order valence-corrected chi connectivity index (χ0v) is 18.5. The number of ether oxygens (including phenoxy) is 1. The number of pyridine rings is 1. The van der Waals surface area contributed by atoms with Crippen LogP contribution in [0.3, 0.4) is 0 Å². The molecule has 3 heterocycles. The Labute approximate surface area is 197 Å². The molecule has 3 aromatic rings. The number of hydrogen-bond donors (Lipinski definition) is 1. The molecule has 172 valence electrons. The Bertz CT molecular complexity index is 1170. The number of rotatable bonds is 6. The number of morpholine rings is 1. The number of amides is 3. The monoisotopic (exact) mass is 456 g/mol. The Morgan fingerprint density at radius 2 is 1.56 bits per heavy atom. The molecule has 1 aromatic heterocycles. The average Bonchev–Trinajstić information content (AvgIpc) is 3.14. The molecule has 1 fully saturated rings. The SMILES string of the molecule is O=C(Nc1ccc(N2CCOCC2)nc1)C(Cc1ccccc1)N1C(=O)c2ccccc2C1=O. The Kier molecular flexibility index (Phi) is 6.05. The normalized spacial score (nSPS) is 16.4. The number of carbonyl (C=O) groups is 3. The molecule has 0 spiro atoms. The van der Waals surface area contributed by atoms with Crippen molar-refractivity contribution in [3.8, 4) is 0 Å². The Balaban J connectivity index is 1.39. The lowest BCUT2D eigenvalue weighted by atomic mass is 10.0. The van der Waals surface area contributed by atoms with Gasteiger partial charge < -0.3 is 15.0 Å². The lowest BCUT2D eigenvalue weighted by molar-refractivity contribution is -0.119. The van der Waals surface area contributed by atoms with E-state index in [4.69, 9.17) is 4.74 Å². The number of benzene rings is 2. The minimum absolute atomic E-state index is 0.206. The average molecular weight is 457 g/mol. The molecule has 5 rings (SSSR count). The first kappa shape index (κ1) is 21.8. The van der Waals surface area contributed by atoms with E-state index in [1.54, 1.807) is 36.5 Å². The second-order valence-electron chi connectivity index (χ2n) is 8.23. The third-order valence-corrected chi connectivity index (χ3v) is 6.06. The van der Waals surface area contributed by atoms with Crippen LogP contribution >= 0.6 is 0 Å². The fourth-order valence-electron chi connectivity index (χ4n) is 4.29. The van der Waals surface area contributed by atoms with E-state index in [0.29, 0.717) is 30.0 Å². The van der Waals surface area contributed by atoms with Crippen LogP contribution in [0.2, 0.25) is 0 Å². The number of anilines is 2.